The normalized spacial score (nSPS) is 10.5. The molecule has 0 aliphatic heterocycles. The van der Waals surface area contributed by atoms with Crippen LogP contribution < -0.4 is 10.6 Å². The summed E-state index contributed by atoms with van der Waals surface area (Å²) in [6.07, 6.45) is 1.56. The van der Waals surface area contributed by atoms with Crippen LogP contribution in [0.15, 0.2) is 60.1 Å². The Balaban J connectivity index is 1.48. The zero-order valence-corrected chi connectivity index (χ0v) is 15.2. The number of pyridine rings is 1. The Kier molecular flexibility index (Phi) is 4.90. The van der Waals surface area contributed by atoms with Gasteiger partial charge in [-0.1, -0.05) is 18.2 Å². The zero-order chi connectivity index (χ0) is 18.5. The lowest BCUT2D eigenvalue weighted by molar-refractivity contribution is 1.04. The molecule has 0 fully saturated rings. The highest BCUT2D eigenvalue weighted by Crippen LogP contribution is 2.27. The zero-order valence-electron chi connectivity index (χ0n) is 14.4. The monoisotopic (exact) mass is 372 g/mol. The molecule has 0 spiro atoms. The van der Waals surface area contributed by atoms with Crippen molar-refractivity contribution in [3.8, 4) is 16.8 Å². The molecule has 132 valence electrons. The summed E-state index contributed by atoms with van der Waals surface area (Å²) < 4.78 is 0. The van der Waals surface area contributed by atoms with Gasteiger partial charge in [-0.05, 0) is 35.7 Å². The van der Waals surface area contributed by atoms with Crippen molar-refractivity contribution < 1.29 is 0 Å². The van der Waals surface area contributed by atoms with Crippen LogP contribution in [0.25, 0.3) is 21.6 Å². The van der Waals surface area contributed by atoms with E-state index in [1.54, 1.807) is 29.7 Å². The molecule has 0 bridgehead atoms. The standard InChI is InChI=1S/C20H16N6S/c21-12-14-7-8-18(24-13-14)22-9-10-23-19-15-4-1-2-5-16(15)25-20(26-19)17-6-3-11-27-17/h1-8,11,13H,9-10H2,(H,22,24)(H,23,25,26). The minimum atomic E-state index is 0.548. The average molecular weight is 372 g/mol. The molecule has 0 saturated heterocycles. The fraction of sp³-hybridized carbons (Fsp3) is 0.100. The third-order valence-electron chi connectivity index (χ3n) is 3.96. The maximum atomic E-state index is 8.81. The van der Waals surface area contributed by atoms with E-state index in [1.165, 1.54) is 0 Å². The van der Waals surface area contributed by atoms with Gasteiger partial charge in [-0.25, -0.2) is 15.0 Å². The third kappa shape index (κ3) is 3.86. The highest BCUT2D eigenvalue weighted by molar-refractivity contribution is 7.13. The van der Waals surface area contributed by atoms with Gasteiger partial charge in [0.1, 0.15) is 17.7 Å². The van der Waals surface area contributed by atoms with Crippen molar-refractivity contribution in [1.82, 2.24) is 15.0 Å². The molecule has 7 heteroatoms. The molecular formula is C20H16N6S. The van der Waals surface area contributed by atoms with Gasteiger partial charge in [0.05, 0.1) is 16.0 Å². The number of nitriles is 1. The first-order chi connectivity index (χ1) is 13.3. The molecule has 0 saturated carbocycles. The first-order valence-electron chi connectivity index (χ1n) is 8.48. The smallest absolute Gasteiger partial charge is 0.172 e. The number of rotatable bonds is 6. The number of aromatic nitrogens is 3. The SMILES string of the molecule is N#Cc1ccc(NCCNc2nc(-c3cccs3)nc3ccccc23)nc1. The van der Waals surface area contributed by atoms with Gasteiger partial charge in [0.2, 0.25) is 0 Å². The van der Waals surface area contributed by atoms with Crippen molar-refractivity contribution >= 4 is 33.9 Å². The number of thiophene rings is 1. The summed E-state index contributed by atoms with van der Waals surface area (Å²) in [6, 6.07) is 17.6. The van der Waals surface area contributed by atoms with Crippen LogP contribution in [-0.2, 0) is 0 Å². The summed E-state index contributed by atoms with van der Waals surface area (Å²) in [5.74, 6) is 2.29. The van der Waals surface area contributed by atoms with E-state index < -0.39 is 0 Å². The van der Waals surface area contributed by atoms with Crippen LogP contribution in [-0.4, -0.2) is 28.0 Å². The molecule has 27 heavy (non-hydrogen) atoms. The molecule has 4 aromatic rings. The molecular weight excluding hydrogens is 356 g/mol. The number of fused-ring (bicyclic) bond motifs is 1. The number of anilines is 2. The van der Waals surface area contributed by atoms with Gasteiger partial charge < -0.3 is 10.6 Å². The molecule has 3 heterocycles. The van der Waals surface area contributed by atoms with E-state index in [1.807, 2.05) is 41.8 Å². The summed E-state index contributed by atoms with van der Waals surface area (Å²) in [6.45, 7) is 1.35. The van der Waals surface area contributed by atoms with Crippen molar-refractivity contribution in [3.05, 3.63) is 65.7 Å². The molecule has 0 unspecified atom stereocenters. The second-order valence-corrected chi connectivity index (χ2v) is 6.74. The van der Waals surface area contributed by atoms with Crippen molar-refractivity contribution in [2.75, 3.05) is 23.7 Å². The van der Waals surface area contributed by atoms with E-state index in [2.05, 4.69) is 26.7 Å². The van der Waals surface area contributed by atoms with Gasteiger partial charge in [-0.15, -0.1) is 11.3 Å². The molecule has 3 aromatic heterocycles. The molecule has 0 atom stereocenters. The maximum Gasteiger partial charge on any atom is 0.172 e. The van der Waals surface area contributed by atoms with Crippen LogP contribution in [0.4, 0.5) is 11.6 Å². The summed E-state index contributed by atoms with van der Waals surface area (Å²) in [7, 11) is 0. The van der Waals surface area contributed by atoms with Crippen molar-refractivity contribution in [2.45, 2.75) is 0 Å². The summed E-state index contributed by atoms with van der Waals surface area (Å²) >= 11 is 1.63. The Morgan fingerprint density at radius 3 is 2.63 bits per heavy atom. The predicted molar refractivity (Wildman–Crippen MR) is 109 cm³/mol. The van der Waals surface area contributed by atoms with Crippen molar-refractivity contribution in [2.24, 2.45) is 0 Å². The molecule has 0 amide bonds. The highest BCUT2D eigenvalue weighted by Gasteiger charge is 2.09. The first-order valence-corrected chi connectivity index (χ1v) is 9.36. The fourth-order valence-corrected chi connectivity index (χ4v) is 3.32. The molecule has 4 rings (SSSR count). The van der Waals surface area contributed by atoms with E-state index in [9.17, 15) is 0 Å². The Hall–Kier alpha value is -3.50. The minimum absolute atomic E-state index is 0.548. The number of para-hydroxylation sites is 1. The van der Waals surface area contributed by atoms with Gasteiger partial charge in [0, 0.05) is 24.7 Å². The van der Waals surface area contributed by atoms with Gasteiger partial charge in [0.15, 0.2) is 5.82 Å². The number of hydrogen-bond donors (Lipinski definition) is 2. The van der Waals surface area contributed by atoms with Crippen molar-refractivity contribution in [3.63, 3.8) is 0 Å². The summed E-state index contributed by atoms with van der Waals surface area (Å²) in [5, 5.41) is 18.5. The van der Waals surface area contributed by atoms with Gasteiger partial charge >= 0.3 is 0 Å². The Bertz CT molecular complexity index is 1080. The lowest BCUT2D eigenvalue weighted by atomic mass is 10.2. The number of nitrogens with zero attached hydrogens (tertiary/aromatic N) is 4. The van der Waals surface area contributed by atoms with E-state index in [4.69, 9.17) is 10.2 Å². The van der Waals surface area contributed by atoms with E-state index >= 15 is 0 Å². The minimum Gasteiger partial charge on any atom is -0.368 e. The third-order valence-corrected chi connectivity index (χ3v) is 4.83. The first kappa shape index (κ1) is 16.9. The fourth-order valence-electron chi connectivity index (χ4n) is 2.66. The van der Waals surface area contributed by atoms with Crippen LogP contribution in [0.2, 0.25) is 0 Å². The van der Waals surface area contributed by atoms with Gasteiger partial charge in [-0.2, -0.15) is 5.26 Å². The second-order valence-electron chi connectivity index (χ2n) is 5.79. The summed E-state index contributed by atoms with van der Waals surface area (Å²) in [4.78, 5) is 14.6. The highest BCUT2D eigenvalue weighted by atomic mass is 32.1. The van der Waals surface area contributed by atoms with Crippen LogP contribution in [0.5, 0.6) is 0 Å². The van der Waals surface area contributed by atoms with Gasteiger partial charge in [-0.3, -0.25) is 0 Å². The van der Waals surface area contributed by atoms with E-state index in [0.29, 0.717) is 18.7 Å². The molecule has 0 aliphatic carbocycles. The van der Waals surface area contributed by atoms with Gasteiger partial charge in [0.25, 0.3) is 0 Å². The van der Waals surface area contributed by atoms with Crippen LogP contribution in [0, 0.1) is 11.3 Å². The van der Waals surface area contributed by atoms with E-state index in [0.717, 1.165) is 33.2 Å². The largest absolute Gasteiger partial charge is 0.368 e. The average Bonchev–Trinajstić information content (AvgIpc) is 3.26. The topological polar surface area (TPSA) is 86.5 Å². The van der Waals surface area contributed by atoms with Crippen LogP contribution in [0.1, 0.15) is 5.56 Å². The molecule has 2 N–H and O–H groups in total. The molecule has 6 nitrogen and oxygen atoms in total. The van der Waals surface area contributed by atoms with Crippen molar-refractivity contribution in [1.29, 1.82) is 5.26 Å². The van der Waals surface area contributed by atoms with Crippen LogP contribution in [0.3, 0.4) is 0 Å². The predicted octanol–water partition coefficient (Wildman–Crippen LogP) is 4.15. The number of benzene rings is 1. The molecule has 0 aliphatic rings. The second kappa shape index (κ2) is 7.81. The lowest BCUT2D eigenvalue weighted by Gasteiger charge is -2.11. The molecule has 1 aromatic carbocycles. The maximum absolute atomic E-state index is 8.81. The molecule has 0 radical (unpaired) electrons. The Morgan fingerprint density at radius 2 is 1.85 bits per heavy atom. The number of hydrogen-bond acceptors (Lipinski definition) is 7. The van der Waals surface area contributed by atoms with Crippen LogP contribution >= 0.6 is 11.3 Å². The van der Waals surface area contributed by atoms with E-state index in [-0.39, 0.29) is 0 Å². The lowest BCUT2D eigenvalue weighted by Crippen LogP contribution is -2.15. The number of nitrogens with one attached hydrogen (secondary N) is 2. The Morgan fingerprint density at radius 1 is 0.963 bits per heavy atom. The Labute approximate surface area is 160 Å². The summed E-state index contributed by atoms with van der Waals surface area (Å²) in [5.41, 5.74) is 1.47. The quantitative estimate of drug-likeness (QED) is 0.495.